The summed E-state index contributed by atoms with van der Waals surface area (Å²) < 4.78 is 5.85. The number of aromatic nitrogens is 2. The first-order chi connectivity index (χ1) is 7.08. The summed E-state index contributed by atoms with van der Waals surface area (Å²) in [6, 6.07) is 0. The van der Waals surface area contributed by atoms with E-state index >= 15 is 0 Å². The molecule has 0 unspecified atom stereocenters. The Morgan fingerprint density at radius 3 is 2.87 bits per heavy atom. The highest BCUT2D eigenvalue weighted by Gasteiger charge is 2.43. The van der Waals surface area contributed by atoms with Crippen molar-refractivity contribution < 1.29 is 9.53 Å². The van der Waals surface area contributed by atoms with E-state index < -0.39 is 0 Å². The molecule has 1 aromatic rings. The summed E-state index contributed by atoms with van der Waals surface area (Å²) in [5.41, 5.74) is 1.67. The molecule has 15 heavy (non-hydrogen) atoms. The van der Waals surface area contributed by atoms with Gasteiger partial charge in [-0.25, -0.2) is 4.79 Å². The van der Waals surface area contributed by atoms with Gasteiger partial charge in [0, 0.05) is 5.41 Å². The highest BCUT2D eigenvalue weighted by atomic mass is 127. The van der Waals surface area contributed by atoms with Crippen molar-refractivity contribution >= 4 is 28.6 Å². The van der Waals surface area contributed by atoms with Crippen LogP contribution in [0.15, 0.2) is 0 Å². The molecule has 0 spiro atoms. The van der Waals surface area contributed by atoms with Crippen LogP contribution < -0.4 is 0 Å². The number of nitrogens with zero attached hydrogens (tertiary/aromatic N) is 1. The predicted molar refractivity (Wildman–Crippen MR) is 63.8 cm³/mol. The van der Waals surface area contributed by atoms with Crippen molar-refractivity contribution in [2.45, 2.75) is 32.1 Å². The van der Waals surface area contributed by atoms with Crippen LogP contribution >= 0.6 is 22.6 Å². The Morgan fingerprint density at radius 2 is 2.33 bits per heavy atom. The minimum Gasteiger partial charge on any atom is -0.461 e. The highest BCUT2D eigenvalue weighted by molar-refractivity contribution is 14.1. The number of H-pyrrole nitrogens is 1. The van der Waals surface area contributed by atoms with Gasteiger partial charge in [-0.05, 0) is 42.4 Å². The SMILES string of the molecule is CCOC(=O)c1[nH]nc(C2(C)CC2)c1I. The molecule has 0 atom stereocenters. The molecule has 0 amide bonds. The summed E-state index contributed by atoms with van der Waals surface area (Å²) >= 11 is 2.16. The topological polar surface area (TPSA) is 55.0 Å². The second kappa shape index (κ2) is 3.77. The minimum absolute atomic E-state index is 0.178. The first-order valence-corrected chi connectivity index (χ1v) is 6.08. The van der Waals surface area contributed by atoms with E-state index in [-0.39, 0.29) is 11.4 Å². The van der Waals surface area contributed by atoms with Crippen molar-refractivity contribution in [3.05, 3.63) is 15.0 Å². The lowest BCUT2D eigenvalue weighted by Crippen LogP contribution is -2.08. The number of ether oxygens (including phenoxy) is 1. The first-order valence-electron chi connectivity index (χ1n) is 5.00. The van der Waals surface area contributed by atoms with Gasteiger partial charge >= 0.3 is 5.97 Å². The van der Waals surface area contributed by atoms with Crippen LogP contribution in [0.1, 0.15) is 42.9 Å². The normalized spacial score (nSPS) is 17.5. The van der Waals surface area contributed by atoms with E-state index in [0.717, 1.165) is 22.1 Å². The molecule has 1 heterocycles. The number of hydrogen-bond acceptors (Lipinski definition) is 3. The molecule has 1 saturated carbocycles. The molecule has 0 aliphatic heterocycles. The van der Waals surface area contributed by atoms with Gasteiger partial charge in [0.2, 0.25) is 0 Å². The van der Waals surface area contributed by atoms with E-state index in [1.807, 2.05) is 0 Å². The van der Waals surface area contributed by atoms with Gasteiger partial charge in [-0.3, -0.25) is 5.10 Å². The number of nitrogens with one attached hydrogen (secondary N) is 1. The third kappa shape index (κ3) is 1.89. The van der Waals surface area contributed by atoms with Gasteiger partial charge in [0.1, 0.15) is 0 Å². The van der Waals surface area contributed by atoms with Crippen LogP contribution in [-0.4, -0.2) is 22.8 Å². The summed E-state index contributed by atoms with van der Waals surface area (Å²) in [5.74, 6) is -0.315. The fourth-order valence-electron chi connectivity index (χ4n) is 1.49. The fraction of sp³-hybridized carbons (Fsp3) is 0.600. The second-order valence-corrected chi connectivity index (χ2v) is 5.12. The Kier molecular flexibility index (Phi) is 2.74. The molecular weight excluding hydrogens is 307 g/mol. The molecule has 0 bridgehead atoms. The van der Waals surface area contributed by atoms with Crippen LogP contribution in [0.3, 0.4) is 0 Å². The van der Waals surface area contributed by atoms with Crippen LogP contribution in [0.5, 0.6) is 0 Å². The largest absolute Gasteiger partial charge is 0.461 e. The smallest absolute Gasteiger partial charge is 0.357 e. The van der Waals surface area contributed by atoms with E-state index in [4.69, 9.17) is 4.74 Å². The molecular formula is C10H13IN2O2. The number of carbonyl (C=O) groups excluding carboxylic acids is 1. The van der Waals surface area contributed by atoms with Crippen molar-refractivity contribution in [3.63, 3.8) is 0 Å². The number of carbonyl (C=O) groups is 1. The summed E-state index contributed by atoms with van der Waals surface area (Å²) in [4.78, 5) is 11.5. The first kappa shape index (κ1) is 10.9. The number of esters is 1. The molecule has 1 aromatic heterocycles. The second-order valence-electron chi connectivity index (χ2n) is 4.04. The molecule has 1 aliphatic carbocycles. The number of aromatic amines is 1. The highest BCUT2D eigenvalue weighted by Crippen LogP contribution is 2.48. The zero-order chi connectivity index (χ0) is 11.1. The summed E-state index contributed by atoms with van der Waals surface area (Å²) in [7, 11) is 0. The van der Waals surface area contributed by atoms with Gasteiger partial charge in [0.05, 0.1) is 15.9 Å². The van der Waals surface area contributed by atoms with Gasteiger partial charge in [-0.15, -0.1) is 0 Å². The molecule has 2 rings (SSSR count). The average Bonchev–Trinajstić information content (AvgIpc) is 2.78. The van der Waals surface area contributed by atoms with Gasteiger partial charge in [0.25, 0.3) is 0 Å². The Labute approximate surface area is 102 Å². The van der Waals surface area contributed by atoms with Crippen molar-refractivity contribution in [1.29, 1.82) is 0 Å². The Bertz CT molecular complexity index is 396. The van der Waals surface area contributed by atoms with E-state index in [2.05, 4.69) is 39.7 Å². The van der Waals surface area contributed by atoms with Gasteiger partial charge < -0.3 is 4.74 Å². The molecule has 0 radical (unpaired) electrons. The van der Waals surface area contributed by atoms with Crippen molar-refractivity contribution in [2.24, 2.45) is 0 Å². The third-order valence-electron chi connectivity index (χ3n) is 2.76. The molecule has 0 saturated heterocycles. The van der Waals surface area contributed by atoms with Crippen LogP contribution in [0, 0.1) is 3.57 Å². The number of hydrogen-bond donors (Lipinski definition) is 1. The maximum absolute atomic E-state index is 11.5. The molecule has 1 fully saturated rings. The predicted octanol–water partition coefficient (Wildman–Crippen LogP) is 2.24. The molecule has 1 N–H and O–H groups in total. The number of halogens is 1. The zero-order valence-corrected chi connectivity index (χ0v) is 10.9. The molecule has 5 heteroatoms. The summed E-state index contributed by atoms with van der Waals surface area (Å²) in [5, 5.41) is 6.99. The van der Waals surface area contributed by atoms with Crippen LogP contribution in [-0.2, 0) is 10.2 Å². The van der Waals surface area contributed by atoms with Gasteiger partial charge in [0.15, 0.2) is 5.69 Å². The Balaban J connectivity index is 2.27. The minimum atomic E-state index is -0.315. The maximum Gasteiger partial charge on any atom is 0.357 e. The van der Waals surface area contributed by atoms with Crippen molar-refractivity contribution in [2.75, 3.05) is 6.61 Å². The Hall–Kier alpha value is -0.590. The fourth-order valence-corrected chi connectivity index (χ4v) is 2.60. The molecule has 82 valence electrons. The molecule has 4 nitrogen and oxygen atoms in total. The van der Waals surface area contributed by atoms with Crippen LogP contribution in [0.4, 0.5) is 0 Å². The summed E-state index contributed by atoms with van der Waals surface area (Å²) in [6.45, 7) is 4.35. The van der Waals surface area contributed by atoms with Crippen molar-refractivity contribution in [1.82, 2.24) is 10.2 Å². The lowest BCUT2D eigenvalue weighted by molar-refractivity contribution is 0.0518. The standard InChI is InChI=1S/C10H13IN2O2/c1-3-15-9(14)7-6(11)8(13-12-7)10(2)4-5-10/h3-5H2,1-2H3,(H,12,13). The lowest BCUT2D eigenvalue weighted by atomic mass is 10.1. The van der Waals surface area contributed by atoms with Crippen LogP contribution in [0.2, 0.25) is 0 Å². The Morgan fingerprint density at radius 1 is 1.67 bits per heavy atom. The quantitative estimate of drug-likeness (QED) is 0.686. The zero-order valence-electron chi connectivity index (χ0n) is 8.76. The van der Waals surface area contributed by atoms with E-state index in [1.54, 1.807) is 6.92 Å². The monoisotopic (exact) mass is 320 g/mol. The van der Waals surface area contributed by atoms with Gasteiger partial charge in [-0.2, -0.15) is 5.10 Å². The third-order valence-corrected chi connectivity index (χ3v) is 3.81. The van der Waals surface area contributed by atoms with Crippen LogP contribution in [0.25, 0.3) is 0 Å². The maximum atomic E-state index is 11.5. The number of rotatable bonds is 3. The summed E-state index contributed by atoms with van der Waals surface area (Å²) in [6.07, 6.45) is 2.30. The van der Waals surface area contributed by atoms with E-state index in [0.29, 0.717) is 12.3 Å². The van der Waals surface area contributed by atoms with Gasteiger partial charge in [-0.1, -0.05) is 6.92 Å². The molecule has 0 aromatic carbocycles. The average molecular weight is 320 g/mol. The van der Waals surface area contributed by atoms with Crippen molar-refractivity contribution in [3.8, 4) is 0 Å². The lowest BCUT2D eigenvalue weighted by Gasteiger charge is -2.04. The molecule has 1 aliphatic rings. The van der Waals surface area contributed by atoms with E-state index in [9.17, 15) is 4.79 Å². The van der Waals surface area contributed by atoms with E-state index in [1.165, 1.54) is 0 Å².